The Morgan fingerprint density at radius 2 is 2.15 bits per heavy atom. The summed E-state index contributed by atoms with van der Waals surface area (Å²) in [6.07, 6.45) is 2.14. The summed E-state index contributed by atoms with van der Waals surface area (Å²) in [6.45, 7) is 7.78. The van der Waals surface area contributed by atoms with Crippen LogP contribution >= 0.6 is 15.9 Å². The second-order valence-corrected chi connectivity index (χ2v) is 6.98. The lowest BCUT2D eigenvalue weighted by Crippen LogP contribution is -2.38. The molecular weight excluding hydrogens is 314 g/mol. The number of benzene rings is 1. The molecule has 0 saturated carbocycles. The van der Waals surface area contributed by atoms with Crippen LogP contribution in [-0.2, 0) is 6.42 Å². The van der Waals surface area contributed by atoms with Crippen LogP contribution in [0.4, 0.5) is 5.69 Å². The van der Waals surface area contributed by atoms with E-state index in [1.165, 1.54) is 28.7 Å². The summed E-state index contributed by atoms with van der Waals surface area (Å²) in [5.41, 5.74) is 8.49. The fourth-order valence-electron chi connectivity index (χ4n) is 3.01. The maximum absolute atomic E-state index is 5.88. The number of nitrogens with zero attached hydrogens (tertiary/aromatic N) is 2. The molecule has 0 amide bonds. The number of likely N-dealkylation sites (N-methyl/N-ethyl adjacent to an activating group) is 1. The lowest BCUT2D eigenvalue weighted by atomic mass is 10.1. The van der Waals surface area contributed by atoms with Crippen molar-refractivity contribution >= 4 is 21.6 Å². The van der Waals surface area contributed by atoms with E-state index in [4.69, 9.17) is 5.73 Å². The Labute approximate surface area is 131 Å². The maximum atomic E-state index is 5.88. The molecule has 1 aliphatic heterocycles. The van der Waals surface area contributed by atoms with E-state index < -0.39 is 0 Å². The molecule has 0 bridgehead atoms. The zero-order valence-electron chi connectivity index (χ0n) is 12.8. The van der Waals surface area contributed by atoms with Crippen molar-refractivity contribution in [1.29, 1.82) is 0 Å². The van der Waals surface area contributed by atoms with Gasteiger partial charge in [-0.25, -0.2) is 0 Å². The fourth-order valence-corrected chi connectivity index (χ4v) is 3.67. The third-order valence-corrected chi connectivity index (χ3v) is 4.56. The highest BCUT2D eigenvalue weighted by Gasteiger charge is 2.21. The maximum Gasteiger partial charge on any atom is 0.0513 e. The van der Waals surface area contributed by atoms with E-state index in [-0.39, 0.29) is 6.04 Å². The lowest BCUT2D eigenvalue weighted by Gasteiger charge is -2.31. The zero-order chi connectivity index (χ0) is 14.7. The van der Waals surface area contributed by atoms with Gasteiger partial charge in [-0.3, -0.25) is 0 Å². The van der Waals surface area contributed by atoms with Crippen LogP contribution in [-0.4, -0.2) is 43.7 Å². The van der Waals surface area contributed by atoms with Crippen LogP contribution in [0, 0.1) is 0 Å². The van der Waals surface area contributed by atoms with Crippen molar-refractivity contribution in [3.05, 3.63) is 28.2 Å². The van der Waals surface area contributed by atoms with Gasteiger partial charge < -0.3 is 15.5 Å². The summed E-state index contributed by atoms with van der Waals surface area (Å²) >= 11 is 3.74. The van der Waals surface area contributed by atoms with E-state index in [0.29, 0.717) is 6.04 Å². The molecule has 2 rings (SSSR count). The largest absolute Gasteiger partial charge is 0.367 e. The van der Waals surface area contributed by atoms with Crippen LogP contribution in [0.25, 0.3) is 0 Å². The van der Waals surface area contributed by atoms with Crippen molar-refractivity contribution in [3.8, 4) is 0 Å². The first-order chi connectivity index (χ1) is 9.47. The highest BCUT2D eigenvalue weighted by molar-refractivity contribution is 9.10. The van der Waals surface area contributed by atoms with Crippen LogP contribution in [0.1, 0.15) is 25.8 Å². The summed E-state index contributed by atoms with van der Waals surface area (Å²) in [5, 5.41) is 0. The van der Waals surface area contributed by atoms with E-state index in [1.807, 2.05) is 0 Å². The van der Waals surface area contributed by atoms with Crippen molar-refractivity contribution in [2.75, 3.05) is 31.6 Å². The van der Waals surface area contributed by atoms with E-state index in [2.05, 4.69) is 64.8 Å². The number of halogens is 1. The molecule has 1 fully saturated rings. The van der Waals surface area contributed by atoms with Gasteiger partial charge in [0.25, 0.3) is 0 Å². The number of hydrogen-bond donors (Lipinski definition) is 1. The first-order valence-electron chi connectivity index (χ1n) is 7.46. The van der Waals surface area contributed by atoms with Gasteiger partial charge in [0.1, 0.15) is 0 Å². The quantitative estimate of drug-likeness (QED) is 0.918. The SMILES string of the molecule is CC(N)Cc1ccc(N2CCCN(C)CC2C)c(Br)c1. The monoisotopic (exact) mass is 339 g/mol. The summed E-state index contributed by atoms with van der Waals surface area (Å²) < 4.78 is 1.19. The topological polar surface area (TPSA) is 32.5 Å². The molecule has 2 atom stereocenters. The van der Waals surface area contributed by atoms with E-state index >= 15 is 0 Å². The van der Waals surface area contributed by atoms with Gasteiger partial charge in [0.05, 0.1) is 5.69 Å². The summed E-state index contributed by atoms with van der Waals surface area (Å²) in [5.74, 6) is 0. The van der Waals surface area contributed by atoms with Gasteiger partial charge in [0, 0.05) is 29.6 Å². The smallest absolute Gasteiger partial charge is 0.0513 e. The van der Waals surface area contributed by atoms with E-state index in [9.17, 15) is 0 Å². The van der Waals surface area contributed by atoms with Crippen molar-refractivity contribution in [2.24, 2.45) is 5.73 Å². The van der Waals surface area contributed by atoms with Gasteiger partial charge in [0.15, 0.2) is 0 Å². The molecule has 3 nitrogen and oxygen atoms in total. The van der Waals surface area contributed by atoms with Crippen molar-refractivity contribution < 1.29 is 0 Å². The van der Waals surface area contributed by atoms with Gasteiger partial charge in [-0.05, 0) is 73.9 Å². The molecule has 1 saturated heterocycles. The van der Waals surface area contributed by atoms with Gasteiger partial charge in [0.2, 0.25) is 0 Å². The number of anilines is 1. The number of rotatable bonds is 3. The minimum Gasteiger partial charge on any atom is -0.367 e. The fraction of sp³-hybridized carbons (Fsp3) is 0.625. The Kier molecular flexibility index (Phi) is 5.47. The predicted molar refractivity (Wildman–Crippen MR) is 90.4 cm³/mol. The van der Waals surface area contributed by atoms with Crippen LogP contribution in [0.2, 0.25) is 0 Å². The molecule has 1 aromatic carbocycles. The molecule has 2 unspecified atom stereocenters. The third-order valence-electron chi connectivity index (χ3n) is 3.93. The third kappa shape index (κ3) is 3.96. The van der Waals surface area contributed by atoms with Crippen molar-refractivity contribution in [1.82, 2.24) is 4.90 Å². The van der Waals surface area contributed by atoms with Crippen LogP contribution in [0.3, 0.4) is 0 Å². The first kappa shape index (κ1) is 15.8. The molecule has 1 aromatic rings. The van der Waals surface area contributed by atoms with Gasteiger partial charge >= 0.3 is 0 Å². The highest BCUT2D eigenvalue weighted by Crippen LogP contribution is 2.30. The minimum absolute atomic E-state index is 0.207. The highest BCUT2D eigenvalue weighted by atomic mass is 79.9. The minimum atomic E-state index is 0.207. The molecule has 1 aliphatic rings. The van der Waals surface area contributed by atoms with Crippen molar-refractivity contribution in [2.45, 2.75) is 38.8 Å². The molecule has 20 heavy (non-hydrogen) atoms. The Morgan fingerprint density at radius 3 is 2.80 bits per heavy atom. The first-order valence-corrected chi connectivity index (χ1v) is 8.26. The second-order valence-electron chi connectivity index (χ2n) is 6.13. The van der Waals surface area contributed by atoms with E-state index in [1.54, 1.807) is 0 Å². The van der Waals surface area contributed by atoms with Crippen LogP contribution < -0.4 is 10.6 Å². The van der Waals surface area contributed by atoms with Crippen molar-refractivity contribution in [3.63, 3.8) is 0 Å². The van der Waals surface area contributed by atoms with Gasteiger partial charge in [-0.1, -0.05) is 6.07 Å². The van der Waals surface area contributed by atoms with Crippen LogP contribution in [0.5, 0.6) is 0 Å². The Hall–Kier alpha value is -0.580. The average molecular weight is 340 g/mol. The molecule has 112 valence electrons. The number of nitrogens with two attached hydrogens (primary N) is 1. The number of hydrogen-bond acceptors (Lipinski definition) is 3. The molecule has 4 heteroatoms. The predicted octanol–water partition coefficient (Wildman–Crippen LogP) is 2.87. The zero-order valence-corrected chi connectivity index (χ0v) is 14.4. The average Bonchev–Trinajstić information content (AvgIpc) is 2.50. The summed E-state index contributed by atoms with van der Waals surface area (Å²) in [7, 11) is 2.21. The molecule has 1 heterocycles. The molecule has 0 aromatic heterocycles. The molecule has 0 spiro atoms. The molecular formula is C16H26BrN3. The molecule has 2 N–H and O–H groups in total. The standard InChI is InChI=1S/C16H26BrN3/c1-12(18)9-14-5-6-16(15(17)10-14)20-8-4-7-19(3)11-13(20)2/h5-6,10,12-13H,4,7-9,11,18H2,1-3H3. The molecule has 0 aliphatic carbocycles. The van der Waals surface area contributed by atoms with E-state index in [0.717, 1.165) is 19.5 Å². The van der Waals surface area contributed by atoms with Crippen LogP contribution in [0.15, 0.2) is 22.7 Å². The summed E-state index contributed by atoms with van der Waals surface area (Å²) in [6, 6.07) is 7.42. The van der Waals surface area contributed by atoms with Gasteiger partial charge in [-0.15, -0.1) is 0 Å². The lowest BCUT2D eigenvalue weighted by molar-refractivity contribution is 0.337. The Balaban J connectivity index is 2.19. The summed E-state index contributed by atoms with van der Waals surface area (Å²) in [4.78, 5) is 4.94. The Morgan fingerprint density at radius 1 is 1.40 bits per heavy atom. The second kappa shape index (κ2) is 6.92. The normalized spacial score (nSPS) is 22.6. The molecule has 0 radical (unpaired) electrons. The van der Waals surface area contributed by atoms with Gasteiger partial charge in [-0.2, -0.15) is 0 Å². The Bertz CT molecular complexity index is 447.